The van der Waals surface area contributed by atoms with Gasteiger partial charge in [0, 0.05) is 30.3 Å². The van der Waals surface area contributed by atoms with E-state index in [1.807, 2.05) is 31.2 Å². The molecule has 1 fully saturated rings. The van der Waals surface area contributed by atoms with Crippen LogP contribution in [0, 0.1) is 19.8 Å². The Morgan fingerprint density at radius 1 is 1.00 bits per heavy atom. The van der Waals surface area contributed by atoms with E-state index in [0.717, 1.165) is 11.1 Å². The largest absolute Gasteiger partial charge is 0.355 e. The number of Topliss-reactive ketones (excluding diaryl/α,β-unsaturated/α-hetero) is 1. The number of benzene rings is 2. The van der Waals surface area contributed by atoms with Crippen molar-refractivity contribution in [1.29, 1.82) is 0 Å². The van der Waals surface area contributed by atoms with Crippen LogP contribution in [0.3, 0.4) is 0 Å². The van der Waals surface area contributed by atoms with E-state index in [1.165, 1.54) is 11.2 Å². The van der Waals surface area contributed by atoms with Gasteiger partial charge in [-0.15, -0.1) is 0 Å². The van der Waals surface area contributed by atoms with E-state index in [1.54, 1.807) is 43.3 Å². The van der Waals surface area contributed by atoms with Gasteiger partial charge in [-0.3, -0.25) is 9.59 Å². The van der Waals surface area contributed by atoms with Crippen LogP contribution < -0.4 is 5.32 Å². The van der Waals surface area contributed by atoms with Crippen LogP contribution >= 0.6 is 0 Å². The lowest BCUT2D eigenvalue weighted by Crippen LogP contribution is -2.41. The molecule has 3 aromatic rings. The Hall–Kier alpha value is -3.56. The summed E-state index contributed by atoms with van der Waals surface area (Å²) in [6.45, 7) is 5.53. The fourth-order valence-electron chi connectivity index (χ4n) is 4.17. The van der Waals surface area contributed by atoms with Crippen LogP contribution in [0.1, 0.15) is 52.7 Å². The number of piperidine rings is 1. The number of ketones is 1. The molecule has 9 heteroatoms. The third kappa shape index (κ3) is 5.63. The van der Waals surface area contributed by atoms with Gasteiger partial charge in [-0.1, -0.05) is 41.1 Å². The van der Waals surface area contributed by atoms with Crippen LogP contribution in [0.4, 0.5) is 5.69 Å². The molecular weight excluding hydrogens is 478 g/mol. The number of carbonyl (C=O) groups excluding carboxylic acids is 2. The minimum Gasteiger partial charge on any atom is -0.355 e. The van der Waals surface area contributed by atoms with Gasteiger partial charge in [-0.25, -0.2) is 8.42 Å². The molecule has 0 bridgehead atoms. The number of anilines is 1. The molecule has 1 N–H and O–H groups in total. The Labute approximate surface area is 211 Å². The van der Waals surface area contributed by atoms with Crippen molar-refractivity contribution in [3.05, 3.63) is 76.7 Å². The van der Waals surface area contributed by atoms with Crippen molar-refractivity contribution in [1.82, 2.24) is 9.46 Å². The maximum atomic E-state index is 13.5. The maximum absolute atomic E-state index is 13.5. The van der Waals surface area contributed by atoms with E-state index >= 15 is 0 Å². The van der Waals surface area contributed by atoms with Gasteiger partial charge in [0.05, 0.1) is 0 Å². The molecule has 0 unspecified atom stereocenters. The van der Waals surface area contributed by atoms with Gasteiger partial charge in [0.25, 0.3) is 0 Å². The third-order valence-corrected chi connectivity index (χ3v) is 8.38. The highest BCUT2D eigenvalue weighted by molar-refractivity contribution is 7.89. The second-order valence-electron chi connectivity index (χ2n) is 9.01. The van der Waals surface area contributed by atoms with Gasteiger partial charge in [0.2, 0.25) is 15.9 Å². The zero-order chi connectivity index (χ0) is 25.9. The van der Waals surface area contributed by atoms with Crippen molar-refractivity contribution >= 4 is 39.6 Å². The fraction of sp³-hybridized carbons (Fsp3) is 0.296. The fourth-order valence-corrected chi connectivity index (χ4v) is 5.89. The summed E-state index contributed by atoms with van der Waals surface area (Å²) in [5, 5.41) is 6.75. The summed E-state index contributed by atoms with van der Waals surface area (Å²) in [7, 11) is -3.85. The number of hydrogen-bond donors (Lipinski definition) is 1. The first-order valence-electron chi connectivity index (χ1n) is 11.8. The molecular formula is C27H29N3O5S. The highest BCUT2D eigenvalue weighted by atomic mass is 32.2. The molecule has 0 spiro atoms. The van der Waals surface area contributed by atoms with Crippen molar-refractivity contribution in [3.63, 3.8) is 0 Å². The van der Waals surface area contributed by atoms with Gasteiger partial charge in [-0.2, -0.15) is 4.31 Å². The van der Waals surface area contributed by atoms with E-state index in [4.69, 9.17) is 4.52 Å². The highest BCUT2D eigenvalue weighted by Crippen LogP contribution is 2.29. The first-order chi connectivity index (χ1) is 17.1. The number of nitrogens with one attached hydrogen (secondary N) is 1. The minimum absolute atomic E-state index is 0.0432. The normalized spacial score (nSPS) is 15.3. The Morgan fingerprint density at radius 3 is 2.25 bits per heavy atom. The van der Waals surface area contributed by atoms with E-state index < -0.39 is 10.0 Å². The number of aromatic nitrogens is 1. The average molecular weight is 508 g/mol. The van der Waals surface area contributed by atoms with Gasteiger partial charge in [0.1, 0.15) is 5.69 Å². The van der Waals surface area contributed by atoms with Gasteiger partial charge >= 0.3 is 0 Å². The molecule has 1 aliphatic heterocycles. The van der Waals surface area contributed by atoms with Crippen LogP contribution in [-0.2, 0) is 14.8 Å². The lowest BCUT2D eigenvalue weighted by molar-refractivity contribution is -0.120. The van der Waals surface area contributed by atoms with Crippen LogP contribution in [0.15, 0.2) is 57.9 Å². The number of nitrogens with zero attached hydrogens (tertiary/aromatic N) is 2. The molecule has 1 saturated heterocycles. The predicted octanol–water partition coefficient (Wildman–Crippen LogP) is 4.70. The van der Waals surface area contributed by atoms with E-state index in [2.05, 4.69) is 10.5 Å². The summed E-state index contributed by atoms with van der Waals surface area (Å²) in [6.07, 6.45) is 4.21. The maximum Gasteiger partial charge on any atom is 0.248 e. The van der Waals surface area contributed by atoms with Gasteiger partial charge in [0.15, 0.2) is 16.4 Å². The van der Waals surface area contributed by atoms with E-state index in [-0.39, 0.29) is 41.4 Å². The molecule has 1 aliphatic rings. The van der Waals surface area contributed by atoms with Crippen LogP contribution in [0.2, 0.25) is 0 Å². The van der Waals surface area contributed by atoms with Crippen molar-refractivity contribution in [2.45, 2.75) is 38.5 Å². The molecule has 1 aromatic heterocycles. The molecule has 0 aliphatic carbocycles. The number of rotatable bonds is 7. The lowest BCUT2D eigenvalue weighted by Gasteiger charge is -2.30. The summed E-state index contributed by atoms with van der Waals surface area (Å²) in [5.74, 6) is -0.334. The summed E-state index contributed by atoms with van der Waals surface area (Å²) >= 11 is 0. The number of amides is 1. The van der Waals surface area contributed by atoms with Crippen molar-refractivity contribution in [2.75, 3.05) is 18.4 Å². The quantitative estimate of drug-likeness (QED) is 0.464. The number of hydrogen-bond acceptors (Lipinski definition) is 6. The summed E-state index contributed by atoms with van der Waals surface area (Å²) in [5.41, 5.74) is 3.52. The predicted molar refractivity (Wildman–Crippen MR) is 138 cm³/mol. The Bertz CT molecular complexity index is 1380. The first-order valence-corrected chi connectivity index (χ1v) is 13.2. The topological polar surface area (TPSA) is 110 Å². The molecule has 4 rings (SSSR count). The van der Waals surface area contributed by atoms with Crippen LogP contribution in [-0.4, -0.2) is 42.7 Å². The standard InChI is InChI=1S/C27H29N3O5S/c1-18-4-6-21(7-5-18)8-13-25-26(19(2)29-35-25)36(33,34)30-16-14-23(15-17-30)27(32)28-24-11-9-22(10-12-24)20(3)31/h4-13,23H,14-17H2,1-3H3,(H,28,32)/b13-8+. The molecule has 0 atom stereocenters. The highest BCUT2D eigenvalue weighted by Gasteiger charge is 2.36. The van der Waals surface area contributed by atoms with E-state index in [9.17, 15) is 18.0 Å². The zero-order valence-electron chi connectivity index (χ0n) is 20.5. The molecule has 0 radical (unpaired) electrons. The molecule has 8 nitrogen and oxygen atoms in total. The number of carbonyl (C=O) groups is 2. The molecule has 36 heavy (non-hydrogen) atoms. The zero-order valence-corrected chi connectivity index (χ0v) is 21.3. The molecule has 0 saturated carbocycles. The van der Waals surface area contributed by atoms with Gasteiger partial charge < -0.3 is 9.84 Å². The van der Waals surface area contributed by atoms with Crippen LogP contribution in [0.5, 0.6) is 0 Å². The number of sulfonamides is 1. The SMILES string of the molecule is CC(=O)c1ccc(NC(=O)C2CCN(S(=O)(=O)c3c(C)noc3/C=C/c3ccc(C)cc3)CC2)cc1. The smallest absolute Gasteiger partial charge is 0.248 e. The van der Waals surface area contributed by atoms with Crippen molar-refractivity contribution < 1.29 is 22.5 Å². The Morgan fingerprint density at radius 2 is 1.64 bits per heavy atom. The first kappa shape index (κ1) is 25.5. The summed E-state index contributed by atoms with van der Waals surface area (Å²) < 4.78 is 33.7. The van der Waals surface area contributed by atoms with E-state index in [0.29, 0.717) is 29.8 Å². The molecule has 188 valence electrons. The van der Waals surface area contributed by atoms with Gasteiger partial charge in [-0.05, 0) is 69.5 Å². The Balaban J connectivity index is 1.42. The molecule has 2 aromatic carbocycles. The lowest BCUT2D eigenvalue weighted by atomic mass is 9.97. The van der Waals surface area contributed by atoms with Crippen LogP contribution in [0.25, 0.3) is 12.2 Å². The van der Waals surface area contributed by atoms with Crippen molar-refractivity contribution in [2.24, 2.45) is 5.92 Å². The second-order valence-corrected chi connectivity index (χ2v) is 10.9. The molecule has 1 amide bonds. The average Bonchev–Trinajstić information content (AvgIpc) is 3.25. The third-order valence-electron chi connectivity index (χ3n) is 6.32. The second kappa shape index (κ2) is 10.6. The summed E-state index contributed by atoms with van der Waals surface area (Å²) in [6, 6.07) is 14.5. The monoisotopic (exact) mass is 507 g/mol. The van der Waals surface area contributed by atoms with Crippen molar-refractivity contribution in [3.8, 4) is 0 Å². The molecule has 2 heterocycles. The number of aryl methyl sites for hydroxylation is 2. The Kier molecular flexibility index (Phi) is 7.51. The minimum atomic E-state index is -3.85. The summed E-state index contributed by atoms with van der Waals surface area (Å²) in [4.78, 5) is 24.2.